The lowest BCUT2D eigenvalue weighted by atomic mass is 10.2. The van der Waals surface area contributed by atoms with E-state index in [0.29, 0.717) is 0 Å². The van der Waals surface area contributed by atoms with Crippen LogP contribution in [0, 0.1) is 0 Å². The Morgan fingerprint density at radius 2 is 1.82 bits per heavy atom. The molecule has 0 aromatic heterocycles. The van der Waals surface area contributed by atoms with Gasteiger partial charge >= 0.3 is 6.18 Å². The molecule has 17 heavy (non-hydrogen) atoms. The fraction of sp³-hybridized carbons (Fsp3) is 0.273. The van der Waals surface area contributed by atoms with Crippen molar-refractivity contribution in [1.82, 2.24) is 0 Å². The Morgan fingerprint density at radius 3 is 2.29 bits per heavy atom. The second-order valence-electron chi connectivity index (χ2n) is 3.20. The van der Waals surface area contributed by atoms with Crippen molar-refractivity contribution in [2.24, 2.45) is 5.73 Å². The van der Waals surface area contributed by atoms with Crippen molar-refractivity contribution in [3.63, 3.8) is 0 Å². The first-order valence-corrected chi connectivity index (χ1v) is 4.78. The molecule has 1 aromatic carbocycles. The fourth-order valence-corrected chi connectivity index (χ4v) is 1.08. The van der Waals surface area contributed by atoms with Gasteiger partial charge in [-0.2, -0.15) is 13.2 Å². The maximum atomic E-state index is 12.8. The highest BCUT2D eigenvalue weighted by Crippen LogP contribution is 2.30. The summed E-state index contributed by atoms with van der Waals surface area (Å²) in [6, 6.07) is 4.02. The molecule has 0 heterocycles. The number of alkyl halides is 3. The molecule has 94 valence electrons. The van der Waals surface area contributed by atoms with Gasteiger partial charge in [0, 0.05) is 6.54 Å². The summed E-state index contributed by atoms with van der Waals surface area (Å²) in [5, 5.41) is 0. The number of ether oxygens (including phenoxy) is 1. The van der Waals surface area contributed by atoms with E-state index >= 15 is 0 Å². The van der Waals surface area contributed by atoms with E-state index in [0.717, 1.165) is 30.3 Å². The zero-order valence-corrected chi connectivity index (χ0v) is 8.80. The smallest absolute Gasteiger partial charge is 0.416 e. The van der Waals surface area contributed by atoms with Gasteiger partial charge in [-0.05, 0) is 30.3 Å². The van der Waals surface area contributed by atoms with Crippen LogP contribution in [0.2, 0.25) is 0 Å². The van der Waals surface area contributed by atoms with Crippen LogP contribution in [0.15, 0.2) is 36.2 Å². The molecule has 0 aliphatic rings. The van der Waals surface area contributed by atoms with E-state index in [4.69, 9.17) is 10.5 Å². The lowest BCUT2D eigenvalue weighted by Crippen LogP contribution is -2.05. The maximum absolute atomic E-state index is 12.8. The van der Waals surface area contributed by atoms with Crippen LogP contribution in [0.3, 0.4) is 0 Å². The molecule has 2 N–H and O–H groups in total. The van der Waals surface area contributed by atoms with Crippen LogP contribution >= 0.6 is 0 Å². The molecule has 0 radical (unpaired) electrons. The molecule has 0 spiro atoms. The third kappa shape index (κ3) is 4.44. The molecule has 2 nitrogen and oxygen atoms in total. The first-order valence-electron chi connectivity index (χ1n) is 4.78. The van der Waals surface area contributed by atoms with Crippen LogP contribution in [0.4, 0.5) is 17.6 Å². The normalized spacial score (nSPS) is 12.6. The van der Waals surface area contributed by atoms with Gasteiger partial charge in [0.25, 0.3) is 0 Å². The van der Waals surface area contributed by atoms with Crippen molar-refractivity contribution < 1.29 is 22.3 Å². The molecular formula is C11H11F4NO. The van der Waals surface area contributed by atoms with E-state index in [1.165, 1.54) is 0 Å². The predicted octanol–water partition coefficient (Wildman–Crippen LogP) is 2.90. The van der Waals surface area contributed by atoms with Crippen molar-refractivity contribution >= 4 is 0 Å². The second kappa shape index (κ2) is 5.67. The molecule has 1 aromatic rings. The topological polar surface area (TPSA) is 35.2 Å². The summed E-state index contributed by atoms with van der Waals surface area (Å²) in [4.78, 5) is 0. The lowest BCUT2D eigenvalue weighted by Gasteiger charge is -2.08. The highest BCUT2D eigenvalue weighted by molar-refractivity contribution is 5.29. The summed E-state index contributed by atoms with van der Waals surface area (Å²) < 4.78 is 54.4. The summed E-state index contributed by atoms with van der Waals surface area (Å²) in [5.41, 5.74) is 4.29. The molecule has 0 atom stereocenters. The number of hydrogen-bond donors (Lipinski definition) is 1. The third-order valence-corrected chi connectivity index (χ3v) is 1.90. The molecule has 0 aliphatic carbocycles. The fourth-order valence-electron chi connectivity index (χ4n) is 1.08. The summed E-state index contributed by atoms with van der Waals surface area (Å²) in [6.45, 7) is -0.301. The average Bonchev–Trinajstić information content (AvgIpc) is 2.26. The third-order valence-electron chi connectivity index (χ3n) is 1.90. The number of halogens is 4. The Bertz CT molecular complexity index is 383. The lowest BCUT2D eigenvalue weighted by molar-refractivity contribution is -0.137. The van der Waals surface area contributed by atoms with Gasteiger partial charge in [-0.1, -0.05) is 0 Å². The Morgan fingerprint density at radius 1 is 1.24 bits per heavy atom. The minimum absolute atomic E-state index is 0.0439. The second-order valence-corrected chi connectivity index (χ2v) is 3.20. The van der Waals surface area contributed by atoms with Crippen molar-refractivity contribution in [3.05, 3.63) is 41.7 Å². The van der Waals surface area contributed by atoms with Gasteiger partial charge < -0.3 is 10.5 Å². The van der Waals surface area contributed by atoms with Crippen LogP contribution in [-0.2, 0) is 6.18 Å². The molecule has 0 bridgehead atoms. The molecule has 0 aliphatic heterocycles. The summed E-state index contributed by atoms with van der Waals surface area (Å²) in [5.74, 6) is -0.397. The first kappa shape index (κ1) is 13.5. The summed E-state index contributed by atoms with van der Waals surface area (Å²) in [7, 11) is 0. The molecule has 0 unspecified atom stereocenters. The van der Waals surface area contributed by atoms with E-state index in [2.05, 4.69) is 0 Å². The van der Waals surface area contributed by atoms with E-state index in [9.17, 15) is 17.6 Å². The minimum Gasteiger partial charge on any atom is -0.487 e. The van der Waals surface area contributed by atoms with Crippen molar-refractivity contribution in [2.75, 3.05) is 13.2 Å². The van der Waals surface area contributed by atoms with E-state index in [-0.39, 0.29) is 18.9 Å². The highest BCUT2D eigenvalue weighted by atomic mass is 19.4. The first-order chi connectivity index (χ1) is 7.93. The number of benzene rings is 1. The Kier molecular flexibility index (Phi) is 4.51. The van der Waals surface area contributed by atoms with Gasteiger partial charge in [-0.25, -0.2) is 4.39 Å². The Hall–Kier alpha value is -1.56. The van der Waals surface area contributed by atoms with Crippen LogP contribution in [0.1, 0.15) is 5.56 Å². The van der Waals surface area contributed by atoms with Crippen LogP contribution in [-0.4, -0.2) is 13.2 Å². The minimum atomic E-state index is -4.39. The standard InChI is InChI=1S/C11H11F4NO/c12-9(5-6-16)7-17-10-3-1-8(2-4-10)11(13,14)15/h1-5H,6-7,16H2/b9-5+. The van der Waals surface area contributed by atoms with Crippen molar-refractivity contribution in [1.29, 1.82) is 0 Å². The Labute approximate surface area is 95.7 Å². The van der Waals surface area contributed by atoms with E-state index < -0.39 is 17.6 Å². The molecule has 0 amide bonds. The van der Waals surface area contributed by atoms with Crippen molar-refractivity contribution in [2.45, 2.75) is 6.18 Å². The average molecular weight is 249 g/mol. The van der Waals surface area contributed by atoms with Gasteiger partial charge in [0.15, 0.2) is 0 Å². The highest BCUT2D eigenvalue weighted by Gasteiger charge is 2.29. The van der Waals surface area contributed by atoms with Crippen molar-refractivity contribution in [3.8, 4) is 5.75 Å². The van der Waals surface area contributed by atoms with Gasteiger partial charge in [-0.3, -0.25) is 0 Å². The quantitative estimate of drug-likeness (QED) is 0.833. The van der Waals surface area contributed by atoms with E-state index in [1.807, 2.05) is 0 Å². The SMILES string of the molecule is NC/C=C(/F)COc1ccc(C(F)(F)F)cc1. The van der Waals surface area contributed by atoms with E-state index in [1.54, 1.807) is 0 Å². The van der Waals surface area contributed by atoms with Crippen LogP contribution in [0.5, 0.6) is 5.75 Å². The van der Waals surface area contributed by atoms with Gasteiger partial charge in [-0.15, -0.1) is 0 Å². The molecule has 0 saturated heterocycles. The van der Waals surface area contributed by atoms with Gasteiger partial charge in [0.1, 0.15) is 18.2 Å². The molecule has 0 saturated carbocycles. The number of rotatable bonds is 4. The van der Waals surface area contributed by atoms with Gasteiger partial charge in [0.05, 0.1) is 5.56 Å². The zero-order chi connectivity index (χ0) is 12.9. The predicted molar refractivity (Wildman–Crippen MR) is 55.2 cm³/mol. The molecule has 6 heteroatoms. The van der Waals surface area contributed by atoms with Crippen LogP contribution in [0.25, 0.3) is 0 Å². The molecular weight excluding hydrogens is 238 g/mol. The molecule has 0 fully saturated rings. The number of hydrogen-bond acceptors (Lipinski definition) is 2. The van der Waals surface area contributed by atoms with Crippen LogP contribution < -0.4 is 10.5 Å². The largest absolute Gasteiger partial charge is 0.487 e. The monoisotopic (exact) mass is 249 g/mol. The van der Waals surface area contributed by atoms with Gasteiger partial charge in [0.2, 0.25) is 0 Å². The maximum Gasteiger partial charge on any atom is 0.416 e. The summed E-state index contributed by atoms with van der Waals surface area (Å²) in [6.07, 6.45) is -3.26. The Balaban J connectivity index is 2.60. The zero-order valence-electron chi connectivity index (χ0n) is 8.80. The molecule has 1 rings (SSSR count). The number of nitrogens with two attached hydrogens (primary N) is 1. The summed E-state index contributed by atoms with van der Waals surface area (Å²) >= 11 is 0.